The first kappa shape index (κ1) is 19.5. The molecule has 1 fully saturated rings. The second kappa shape index (κ2) is 8.71. The average Bonchev–Trinajstić information content (AvgIpc) is 3.25. The van der Waals surface area contributed by atoms with Gasteiger partial charge in [0.05, 0.1) is 13.2 Å². The normalized spacial score (nSPS) is 16.7. The van der Waals surface area contributed by atoms with Gasteiger partial charge >= 0.3 is 0 Å². The highest BCUT2D eigenvalue weighted by atomic mass is 19.1. The summed E-state index contributed by atoms with van der Waals surface area (Å²) in [4.78, 5) is 4.67. The third kappa shape index (κ3) is 4.46. The quantitative estimate of drug-likeness (QED) is 0.632. The number of piperazine rings is 1. The summed E-state index contributed by atoms with van der Waals surface area (Å²) < 4.78 is 24.8. The minimum Gasteiger partial charge on any atom is -0.494 e. The lowest BCUT2D eigenvalue weighted by Crippen LogP contribution is -2.46. The van der Waals surface area contributed by atoms with Crippen molar-refractivity contribution >= 4 is 0 Å². The van der Waals surface area contributed by atoms with Crippen LogP contribution in [0.4, 0.5) is 4.39 Å². The largest absolute Gasteiger partial charge is 0.494 e. The van der Waals surface area contributed by atoms with Gasteiger partial charge in [0.1, 0.15) is 0 Å². The molecule has 1 aliphatic rings. The second-order valence-electron chi connectivity index (χ2n) is 7.27. The van der Waals surface area contributed by atoms with Crippen LogP contribution in [0.5, 0.6) is 5.75 Å². The molecule has 0 N–H and O–H groups in total. The Hall–Kier alpha value is -2.77. The van der Waals surface area contributed by atoms with Crippen molar-refractivity contribution in [3.8, 4) is 17.2 Å². The average molecular weight is 396 g/mol. The third-order valence-corrected chi connectivity index (χ3v) is 5.40. The van der Waals surface area contributed by atoms with Crippen molar-refractivity contribution < 1.29 is 13.5 Å². The molecule has 6 nitrogen and oxygen atoms in total. The van der Waals surface area contributed by atoms with Crippen molar-refractivity contribution in [1.82, 2.24) is 20.0 Å². The lowest BCUT2D eigenvalue weighted by atomic mass is 10.1. The number of methoxy groups -OCH3 is 1. The van der Waals surface area contributed by atoms with Gasteiger partial charge in [0, 0.05) is 38.3 Å². The Morgan fingerprint density at radius 1 is 1.07 bits per heavy atom. The van der Waals surface area contributed by atoms with E-state index in [-0.39, 0.29) is 17.6 Å². The van der Waals surface area contributed by atoms with Gasteiger partial charge in [0.25, 0.3) is 0 Å². The molecular weight excluding hydrogens is 371 g/mol. The minimum atomic E-state index is -0.317. The van der Waals surface area contributed by atoms with E-state index in [1.54, 1.807) is 12.1 Å². The van der Waals surface area contributed by atoms with Gasteiger partial charge < -0.3 is 9.15 Å². The molecule has 3 aromatic rings. The van der Waals surface area contributed by atoms with Crippen molar-refractivity contribution in [3.05, 3.63) is 65.8 Å². The fraction of sp³-hybridized carbons (Fsp3) is 0.364. The molecule has 0 bridgehead atoms. The number of aromatic nitrogens is 2. The molecule has 2 aromatic carbocycles. The summed E-state index contributed by atoms with van der Waals surface area (Å²) in [5, 5.41) is 8.45. The van der Waals surface area contributed by atoms with Gasteiger partial charge in [-0.3, -0.25) is 9.80 Å². The van der Waals surface area contributed by atoms with Crippen LogP contribution >= 0.6 is 0 Å². The van der Waals surface area contributed by atoms with Gasteiger partial charge in [0.15, 0.2) is 11.6 Å². The molecule has 1 unspecified atom stereocenters. The smallest absolute Gasteiger partial charge is 0.247 e. The van der Waals surface area contributed by atoms with E-state index >= 15 is 0 Å². The fourth-order valence-electron chi connectivity index (χ4n) is 3.63. The van der Waals surface area contributed by atoms with E-state index < -0.39 is 0 Å². The molecule has 7 heteroatoms. The summed E-state index contributed by atoms with van der Waals surface area (Å²) in [6, 6.07) is 15.0. The predicted octanol–water partition coefficient (Wildman–Crippen LogP) is 3.76. The lowest BCUT2D eigenvalue weighted by Gasteiger charge is -2.36. The monoisotopic (exact) mass is 396 g/mol. The molecule has 0 aliphatic carbocycles. The molecule has 2 heterocycles. The molecule has 1 aromatic heterocycles. The van der Waals surface area contributed by atoms with E-state index in [1.165, 1.54) is 7.11 Å². The number of nitrogens with zero attached hydrogens (tertiary/aromatic N) is 4. The van der Waals surface area contributed by atoms with Gasteiger partial charge in [-0.2, -0.15) is 0 Å². The number of hydrogen-bond donors (Lipinski definition) is 0. The van der Waals surface area contributed by atoms with E-state index in [1.807, 2.05) is 36.4 Å². The van der Waals surface area contributed by atoms with Gasteiger partial charge in [-0.1, -0.05) is 24.3 Å². The molecular formula is C22H25FN4O2. The predicted molar refractivity (Wildman–Crippen MR) is 108 cm³/mol. The Morgan fingerprint density at radius 3 is 2.52 bits per heavy atom. The Kier molecular flexibility index (Phi) is 5.87. The molecule has 152 valence electrons. The van der Waals surface area contributed by atoms with Gasteiger partial charge in [-0.25, -0.2) is 4.39 Å². The molecule has 0 saturated carbocycles. The Balaban J connectivity index is 1.33. The first-order chi connectivity index (χ1) is 14.1. The van der Waals surface area contributed by atoms with Crippen LogP contribution in [-0.4, -0.2) is 53.3 Å². The maximum atomic E-state index is 13.9. The van der Waals surface area contributed by atoms with Crippen LogP contribution in [0.3, 0.4) is 0 Å². The van der Waals surface area contributed by atoms with Crippen LogP contribution in [0.15, 0.2) is 52.9 Å². The lowest BCUT2D eigenvalue weighted by molar-refractivity contribution is 0.0875. The van der Waals surface area contributed by atoms with Crippen molar-refractivity contribution in [2.45, 2.75) is 19.5 Å². The zero-order valence-electron chi connectivity index (χ0n) is 16.7. The van der Waals surface area contributed by atoms with Crippen molar-refractivity contribution in [2.24, 2.45) is 0 Å². The third-order valence-electron chi connectivity index (χ3n) is 5.40. The molecule has 4 rings (SSSR count). The standard InChI is InChI=1S/C22H25FN4O2/c1-16(21-24-25-22(29-21)18-6-4-3-5-7-18)27-12-10-26(11-13-27)15-17-8-9-20(28-2)19(23)14-17/h3-9,14,16H,10-13,15H2,1-2H3. The number of benzene rings is 2. The number of rotatable bonds is 6. The van der Waals surface area contributed by atoms with Crippen molar-refractivity contribution in [1.29, 1.82) is 0 Å². The van der Waals surface area contributed by atoms with E-state index in [0.29, 0.717) is 11.8 Å². The first-order valence-corrected chi connectivity index (χ1v) is 9.81. The minimum absolute atomic E-state index is 0.0561. The topological polar surface area (TPSA) is 54.6 Å². The summed E-state index contributed by atoms with van der Waals surface area (Å²) in [6.07, 6.45) is 0. The molecule has 1 aliphatic heterocycles. The zero-order valence-corrected chi connectivity index (χ0v) is 16.7. The van der Waals surface area contributed by atoms with Crippen LogP contribution in [-0.2, 0) is 6.54 Å². The fourth-order valence-corrected chi connectivity index (χ4v) is 3.63. The molecule has 29 heavy (non-hydrogen) atoms. The maximum Gasteiger partial charge on any atom is 0.247 e. The van der Waals surface area contributed by atoms with Crippen molar-refractivity contribution in [3.63, 3.8) is 0 Å². The Labute approximate surface area is 169 Å². The molecule has 0 radical (unpaired) electrons. The first-order valence-electron chi connectivity index (χ1n) is 9.81. The van der Waals surface area contributed by atoms with Gasteiger partial charge in [-0.05, 0) is 36.8 Å². The molecule has 0 spiro atoms. The molecule has 0 amide bonds. The highest BCUT2D eigenvalue weighted by Crippen LogP contribution is 2.25. The van der Waals surface area contributed by atoms with E-state index in [4.69, 9.17) is 9.15 Å². The van der Waals surface area contributed by atoms with E-state index in [9.17, 15) is 4.39 Å². The van der Waals surface area contributed by atoms with Crippen LogP contribution < -0.4 is 4.74 Å². The van der Waals surface area contributed by atoms with Crippen LogP contribution in [0.1, 0.15) is 24.4 Å². The maximum absolute atomic E-state index is 13.9. The highest BCUT2D eigenvalue weighted by Gasteiger charge is 2.26. The van der Waals surface area contributed by atoms with Crippen molar-refractivity contribution in [2.75, 3.05) is 33.3 Å². The van der Waals surface area contributed by atoms with Crippen LogP contribution in [0, 0.1) is 5.82 Å². The SMILES string of the molecule is COc1ccc(CN2CCN(C(C)c3nnc(-c4ccccc4)o3)CC2)cc1F. The zero-order chi connectivity index (χ0) is 20.2. The Morgan fingerprint density at radius 2 is 1.83 bits per heavy atom. The number of halogens is 1. The Bertz CT molecular complexity index is 939. The van der Waals surface area contributed by atoms with Gasteiger partial charge in [-0.15, -0.1) is 10.2 Å². The number of hydrogen-bond acceptors (Lipinski definition) is 6. The van der Waals surface area contributed by atoms with Crippen LogP contribution in [0.25, 0.3) is 11.5 Å². The molecule has 1 saturated heterocycles. The molecule has 1 atom stereocenters. The van der Waals surface area contributed by atoms with Gasteiger partial charge in [0.2, 0.25) is 11.8 Å². The van der Waals surface area contributed by atoms with E-state index in [2.05, 4.69) is 26.9 Å². The summed E-state index contributed by atoms with van der Waals surface area (Å²) in [6.45, 7) is 6.40. The summed E-state index contributed by atoms with van der Waals surface area (Å²) in [5.41, 5.74) is 1.88. The summed E-state index contributed by atoms with van der Waals surface area (Å²) in [7, 11) is 1.48. The van der Waals surface area contributed by atoms with E-state index in [0.717, 1.165) is 43.9 Å². The second-order valence-corrected chi connectivity index (χ2v) is 7.27. The summed E-state index contributed by atoms with van der Waals surface area (Å²) in [5.74, 6) is 1.15. The summed E-state index contributed by atoms with van der Waals surface area (Å²) >= 11 is 0. The highest BCUT2D eigenvalue weighted by molar-refractivity contribution is 5.51. The number of ether oxygens (including phenoxy) is 1. The van der Waals surface area contributed by atoms with Crippen LogP contribution in [0.2, 0.25) is 0 Å².